The Kier molecular flexibility index (Phi) is 3.53. The Morgan fingerprint density at radius 3 is 2.64 bits per heavy atom. The average molecular weight is 235 g/mol. The van der Waals surface area contributed by atoms with Gasteiger partial charge < -0.3 is 5.11 Å². The van der Waals surface area contributed by atoms with E-state index < -0.39 is 15.9 Å². The molecule has 0 aliphatic heterocycles. The van der Waals surface area contributed by atoms with Crippen molar-refractivity contribution in [2.45, 2.75) is 6.10 Å². The lowest BCUT2D eigenvalue weighted by atomic mass is 10.1. The van der Waals surface area contributed by atoms with Gasteiger partial charge in [-0.15, -0.1) is 0 Å². The van der Waals surface area contributed by atoms with Gasteiger partial charge in [-0.05, 0) is 17.7 Å². The normalized spacial score (nSPS) is 13.9. The summed E-state index contributed by atoms with van der Waals surface area (Å²) in [5.74, 6) is -0.284. The van der Waals surface area contributed by atoms with Gasteiger partial charge in [-0.1, -0.05) is 23.7 Å². The zero-order chi connectivity index (χ0) is 10.8. The standard InChI is InChI=1S/C9H11ClO3S/c1-14(12,13)6-9(11)7-3-2-4-8(10)5-7/h2-5,9,11H,6H2,1H3. The molecule has 1 aromatic carbocycles. The second-order valence-electron chi connectivity index (χ2n) is 3.16. The predicted molar refractivity (Wildman–Crippen MR) is 56.1 cm³/mol. The number of hydrogen-bond acceptors (Lipinski definition) is 3. The lowest BCUT2D eigenvalue weighted by Gasteiger charge is -2.09. The number of halogens is 1. The van der Waals surface area contributed by atoms with Gasteiger partial charge in [-0.2, -0.15) is 0 Å². The number of benzene rings is 1. The van der Waals surface area contributed by atoms with E-state index in [0.29, 0.717) is 10.6 Å². The fourth-order valence-electron chi connectivity index (χ4n) is 1.10. The van der Waals surface area contributed by atoms with E-state index in [1.54, 1.807) is 24.3 Å². The molecule has 0 aliphatic carbocycles. The highest BCUT2D eigenvalue weighted by Gasteiger charge is 2.14. The van der Waals surface area contributed by atoms with Crippen molar-refractivity contribution in [3.63, 3.8) is 0 Å². The first-order valence-electron chi connectivity index (χ1n) is 4.00. The van der Waals surface area contributed by atoms with Crippen LogP contribution in [0, 0.1) is 0 Å². The Morgan fingerprint density at radius 2 is 2.14 bits per heavy atom. The summed E-state index contributed by atoms with van der Waals surface area (Å²) in [6.45, 7) is 0. The summed E-state index contributed by atoms with van der Waals surface area (Å²) in [6, 6.07) is 6.53. The van der Waals surface area contributed by atoms with Gasteiger partial charge in [0.25, 0.3) is 0 Å². The summed E-state index contributed by atoms with van der Waals surface area (Å²) >= 11 is 5.70. The maximum atomic E-state index is 10.9. The highest BCUT2D eigenvalue weighted by molar-refractivity contribution is 7.90. The van der Waals surface area contributed by atoms with E-state index in [9.17, 15) is 13.5 Å². The van der Waals surface area contributed by atoms with Gasteiger partial charge in [0.1, 0.15) is 9.84 Å². The molecule has 14 heavy (non-hydrogen) atoms. The van der Waals surface area contributed by atoms with Crippen LogP contribution >= 0.6 is 11.6 Å². The molecule has 0 saturated carbocycles. The van der Waals surface area contributed by atoms with E-state index in [1.807, 2.05) is 0 Å². The molecule has 78 valence electrons. The summed E-state index contributed by atoms with van der Waals surface area (Å²) in [6.07, 6.45) is 0.0736. The van der Waals surface area contributed by atoms with Crippen molar-refractivity contribution in [1.29, 1.82) is 0 Å². The lowest BCUT2D eigenvalue weighted by Crippen LogP contribution is -2.12. The quantitative estimate of drug-likeness (QED) is 0.861. The fraction of sp³-hybridized carbons (Fsp3) is 0.333. The van der Waals surface area contributed by atoms with E-state index >= 15 is 0 Å². The smallest absolute Gasteiger partial charge is 0.150 e. The number of sulfone groups is 1. The summed E-state index contributed by atoms with van der Waals surface area (Å²) in [5, 5.41) is 10.0. The van der Waals surface area contributed by atoms with E-state index in [-0.39, 0.29) is 5.75 Å². The van der Waals surface area contributed by atoms with Crippen molar-refractivity contribution in [3.8, 4) is 0 Å². The molecule has 0 heterocycles. The average Bonchev–Trinajstić information content (AvgIpc) is 2.01. The van der Waals surface area contributed by atoms with Crippen molar-refractivity contribution in [2.75, 3.05) is 12.0 Å². The molecule has 3 nitrogen and oxygen atoms in total. The van der Waals surface area contributed by atoms with Gasteiger partial charge in [0, 0.05) is 11.3 Å². The molecule has 0 aliphatic rings. The van der Waals surface area contributed by atoms with Gasteiger partial charge in [0.05, 0.1) is 11.9 Å². The van der Waals surface area contributed by atoms with Crippen LogP contribution in [0.25, 0.3) is 0 Å². The van der Waals surface area contributed by atoms with E-state index in [0.717, 1.165) is 6.26 Å². The van der Waals surface area contributed by atoms with Crippen LogP contribution in [-0.2, 0) is 9.84 Å². The third-order valence-electron chi connectivity index (χ3n) is 1.69. The van der Waals surface area contributed by atoms with Gasteiger partial charge >= 0.3 is 0 Å². The maximum absolute atomic E-state index is 10.9. The topological polar surface area (TPSA) is 54.4 Å². The van der Waals surface area contributed by atoms with E-state index in [1.165, 1.54) is 0 Å². The van der Waals surface area contributed by atoms with Gasteiger partial charge in [-0.3, -0.25) is 0 Å². The van der Waals surface area contributed by atoms with Gasteiger partial charge in [0.15, 0.2) is 0 Å². The fourth-order valence-corrected chi connectivity index (χ4v) is 2.06. The van der Waals surface area contributed by atoms with Crippen molar-refractivity contribution >= 4 is 21.4 Å². The van der Waals surface area contributed by atoms with Crippen molar-refractivity contribution < 1.29 is 13.5 Å². The van der Waals surface area contributed by atoms with Crippen molar-refractivity contribution in [1.82, 2.24) is 0 Å². The SMILES string of the molecule is CS(=O)(=O)CC(O)c1cccc(Cl)c1. The van der Waals surface area contributed by atoms with Gasteiger partial charge in [-0.25, -0.2) is 8.42 Å². The highest BCUT2D eigenvalue weighted by atomic mass is 35.5. The number of rotatable bonds is 3. The second kappa shape index (κ2) is 4.29. The number of aliphatic hydroxyl groups excluding tert-OH is 1. The minimum Gasteiger partial charge on any atom is -0.387 e. The number of aliphatic hydroxyl groups is 1. The Balaban J connectivity index is 2.85. The molecule has 1 unspecified atom stereocenters. The highest BCUT2D eigenvalue weighted by Crippen LogP contribution is 2.18. The van der Waals surface area contributed by atoms with Crippen molar-refractivity contribution in [3.05, 3.63) is 34.9 Å². The zero-order valence-electron chi connectivity index (χ0n) is 7.64. The molecule has 0 amide bonds. The van der Waals surface area contributed by atoms with Crippen LogP contribution in [-0.4, -0.2) is 25.5 Å². The Hall–Kier alpha value is -0.580. The first-order valence-corrected chi connectivity index (χ1v) is 6.43. The Morgan fingerprint density at radius 1 is 1.50 bits per heavy atom. The summed E-state index contributed by atoms with van der Waals surface area (Å²) in [7, 11) is -3.18. The molecule has 1 atom stereocenters. The minimum absolute atomic E-state index is 0.284. The summed E-state index contributed by atoms with van der Waals surface area (Å²) in [5.41, 5.74) is 0.517. The van der Waals surface area contributed by atoms with Crippen LogP contribution in [0.5, 0.6) is 0 Å². The molecule has 0 radical (unpaired) electrons. The van der Waals surface area contributed by atoms with Crippen LogP contribution in [0.15, 0.2) is 24.3 Å². The predicted octanol–water partition coefficient (Wildman–Crippen LogP) is 1.42. The largest absolute Gasteiger partial charge is 0.387 e. The van der Waals surface area contributed by atoms with E-state index in [2.05, 4.69) is 0 Å². The molecule has 1 N–H and O–H groups in total. The third kappa shape index (κ3) is 3.65. The van der Waals surface area contributed by atoms with Crippen LogP contribution in [0.1, 0.15) is 11.7 Å². The molecule has 0 aromatic heterocycles. The Bertz CT molecular complexity index is 414. The summed E-state index contributed by atoms with van der Waals surface area (Å²) < 4.78 is 21.8. The molecular weight excluding hydrogens is 224 g/mol. The first kappa shape index (κ1) is 11.5. The van der Waals surface area contributed by atoms with E-state index in [4.69, 9.17) is 11.6 Å². The third-order valence-corrected chi connectivity index (χ3v) is 2.85. The number of hydrogen-bond donors (Lipinski definition) is 1. The molecule has 1 rings (SSSR count). The van der Waals surface area contributed by atoms with Crippen LogP contribution in [0.3, 0.4) is 0 Å². The molecule has 1 aromatic rings. The molecule has 0 bridgehead atoms. The monoisotopic (exact) mass is 234 g/mol. The van der Waals surface area contributed by atoms with Crippen LogP contribution < -0.4 is 0 Å². The molecular formula is C9H11ClO3S. The van der Waals surface area contributed by atoms with Crippen molar-refractivity contribution in [2.24, 2.45) is 0 Å². The second-order valence-corrected chi connectivity index (χ2v) is 5.78. The molecule has 0 spiro atoms. The molecule has 5 heteroatoms. The Labute approximate surface area is 88.2 Å². The van der Waals surface area contributed by atoms with Gasteiger partial charge in [0.2, 0.25) is 0 Å². The lowest BCUT2D eigenvalue weighted by molar-refractivity contribution is 0.202. The minimum atomic E-state index is -3.18. The molecule has 0 fully saturated rings. The summed E-state index contributed by atoms with van der Waals surface area (Å²) in [4.78, 5) is 0. The zero-order valence-corrected chi connectivity index (χ0v) is 9.22. The van der Waals surface area contributed by atoms with Crippen LogP contribution in [0.2, 0.25) is 5.02 Å². The maximum Gasteiger partial charge on any atom is 0.150 e. The van der Waals surface area contributed by atoms with Crippen LogP contribution in [0.4, 0.5) is 0 Å². The first-order chi connectivity index (χ1) is 6.38. The molecule has 0 saturated heterocycles.